The number of carbonyl (C=O) groups excluding carboxylic acids is 1. The molecule has 1 fully saturated rings. The molecule has 1 aromatic heterocycles. The van der Waals surface area contributed by atoms with E-state index < -0.39 is 11.7 Å². The Bertz CT molecular complexity index is 1090. The first-order chi connectivity index (χ1) is 14.8. The molecule has 0 saturated carbocycles. The summed E-state index contributed by atoms with van der Waals surface area (Å²) < 4.78 is 51.9. The van der Waals surface area contributed by atoms with Gasteiger partial charge in [-0.2, -0.15) is 13.2 Å². The number of aromatic nitrogens is 1. The minimum Gasteiger partial charge on any atom is -0.483 e. The van der Waals surface area contributed by atoms with Crippen molar-refractivity contribution in [1.82, 2.24) is 9.88 Å². The minimum absolute atomic E-state index is 0.0497. The van der Waals surface area contributed by atoms with E-state index in [9.17, 15) is 18.0 Å². The Hall–Kier alpha value is -3.33. The summed E-state index contributed by atoms with van der Waals surface area (Å²) in [5, 5.41) is -0.177. The van der Waals surface area contributed by atoms with E-state index in [2.05, 4.69) is 4.98 Å². The van der Waals surface area contributed by atoms with Crippen molar-refractivity contribution in [3.63, 3.8) is 0 Å². The molecule has 4 rings (SSSR count). The number of nitrogen functional groups attached to an aromatic ring is 1. The Balaban J connectivity index is 1.75. The van der Waals surface area contributed by atoms with Crippen LogP contribution in [-0.2, 0) is 15.7 Å². The lowest BCUT2D eigenvalue weighted by Gasteiger charge is -2.27. The number of hydrogen-bond acceptors (Lipinski definition) is 5. The summed E-state index contributed by atoms with van der Waals surface area (Å²) in [6, 6.07) is 12.0. The molecule has 0 bridgehead atoms. The van der Waals surface area contributed by atoms with Crippen LogP contribution in [0.25, 0.3) is 22.2 Å². The van der Waals surface area contributed by atoms with Crippen LogP contribution in [0.2, 0.25) is 0 Å². The number of amides is 1. The highest BCUT2D eigenvalue weighted by atomic mass is 19.4. The van der Waals surface area contributed by atoms with Crippen molar-refractivity contribution in [2.24, 2.45) is 0 Å². The van der Waals surface area contributed by atoms with E-state index >= 15 is 0 Å². The summed E-state index contributed by atoms with van der Waals surface area (Å²) in [5.74, 6) is -0.363. The average molecular weight is 431 g/mol. The van der Waals surface area contributed by atoms with Crippen LogP contribution in [0.5, 0.6) is 5.75 Å². The van der Waals surface area contributed by atoms with Crippen molar-refractivity contribution >= 4 is 22.5 Å². The van der Waals surface area contributed by atoms with E-state index in [0.29, 0.717) is 43.2 Å². The summed E-state index contributed by atoms with van der Waals surface area (Å²) >= 11 is 0. The summed E-state index contributed by atoms with van der Waals surface area (Å²) in [4.78, 5) is 18.4. The molecule has 1 amide bonds. The van der Waals surface area contributed by atoms with Gasteiger partial charge in [0.2, 0.25) is 0 Å². The summed E-state index contributed by atoms with van der Waals surface area (Å²) in [5.41, 5.74) is 6.62. The second-order valence-corrected chi connectivity index (χ2v) is 7.11. The molecule has 0 unspecified atom stereocenters. The fraction of sp³-hybridized carbons (Fsp3) is 0.273. The number of anilines is 1. The van der Waals surface area contributed by atoms with Gasteiger partial charge >= 0.3 is 6.18 Å². The Morgan fingerprint density at radius 2 is 1.84 bits per heavy atom. The SMILES string of the molecule is Nc1ccc(-c2cc(OCC(=O)N3CCOCC3)c3c(C(F)(F)F)cccc3n2)cc1. The first-order valence-electron chi connectivity index (χ1n) is 9.68. The molecule has 3 aromatic rings. The number of rotatable bonds is 4. The maximum absolute atomic E-state index is 13.7. The fourth-order valence-electron chi connectivity index (χ4n) is 3.45. The van der Waals surface area contributed by atoms with Crippen molar-refractivity contribution < 1.29 is 27.4 Å². The minimum atomic E-state index is -4.60. The van der Waals surface area contributed by atoms with Gasteiger partial charge in [-0.3, -0.25) is 4.79 Å². The zero-order valence-corrected chi connectivity index (χ0v) is 16.5. The lowest BCUT2D eigenvalue weighted by Crippen LogP contribution is -2.43. The van der Waals surface area contributed by atoms with Crippen LogP contribution in [0.15, 0.2) is 48.5 Å². The van der Waals surface area contributed by atoms with Crippen molar-refractivity contribution in [2.45, 2.75) is 6.18 Å². The number of pyridine rings is 1. The highest BCUT2D eigenvalue weighted by Crippen LogP contribution is 2.40. The predicted octanol–water partition coefficient (Wildman–Crippen LogP) is 3.74. The third-order valence-electron chi connectivity index (χ3n) is 5.02. The molecule has 9 heteroatoms. The van der Waals surface area contributed by atoms with E-state index in [1.807, 2.05) is 0 Å². The molecule has 0 aliphatic carbocycles. The Kier molecular flexibility index (Phi) is 5.69. The van der Waals surface area contributed by atoms with Gasteiger partial charge in [-0.1, -0.05) is 18.2 Å². The van der Waals surface area contributed by atoms with Gasteiger partial charge < -0.3 is 20.1 Å². The lowest BCUT2D eigenvalue weighted by atomic mass is 10.0. The molecular formula is C22H20F3N3O3. The van der Waals surface area contributed by atoms with Gasteiger partial charge in [-0.05, 0) is 24.3 Å². The van der Waals surface area contributed by atoms with Gasteiger partial charge in [0.05, 0.1) is 35.4 Å². The number of nitrogens with two attached hydrogens (primary N) is 1. The van der Waals surface area contributed by atoms with E-state index in [1.165, 1.54) is 18.2 Å². The summed E-state index contributed by atoms with van der Waals surface area (Å²) in [6.45, 7) is 1.30. The number of halogens is 3. The van der Waals surface area contributed by atoms with Crippen molar-refractivity contribution in [2.75, 3.05) is 38.6 Å². The van der Waals surface area contributed by atoms with Crippen LogP contribution in [0.3, 0.4) is 0 Å². The molecule has 1 aliphatic heterocycles. The molecule has 6 nitrogen and oxygen atoms in total. The standard InChI is InChI=1S/C22H20F3N3O3/c23-22(24,25)16-2-1-3-17-21(16)19(31-13-20(29)28-8-10-30-11-9-28)12-18(27-17)14-4-6-15(26)7-5-14/h1-7,12H,8-11,13,26H2. The average Bonchev–Trinajstić information content (AvgIpc) is 2.77. The second kappa shape index (κ2) is 8.43. The molecule has 1 saturated heterocycles. The largest absolute Gasteiger partial charge is 0.483 e. The monoisotopic (exact) mass is 431 g/mol. The molecule has 0 atom stereocenters. The number of hydrogen-bond donors (Lipinski definition) is 1. The molecule has 162 valence electrons. The Morgan fingerprint density at radius 3 is 2.52 bits per heavy atom. The van der Waals surface area contributed by atoms with Crippen LogP contribution in [0.4, 0.5) is 18.9 Å². The molecular weight excluding hydrogens is 411 g/mol. The lowest BCUT2D eigenvalue weighted by molar-refractivity contribution is -0.137. The topological polar surface area (TPSA) is 77.7 Å². The number of carbonyl (C=O) groups is 1. The maximum atomic E-state index is 13.7. The summed E-state index contributed by atoms with van der Waals surface area (Å²) in [6.07, 6.45) is -4.60. The molecule has 2 heterocycles. The number of fused-ring (bicyclic) bond motifs is 1. The van der Waals surface area contributed by atoms with Crippen molar-refractivity contribution in [3.8, 4) is 17.0 Å². The number of ether oxygens (including phenoxy) is 2. The molecule has 31 heavy (non-hydrogen) atoms. The van der Waals surface area contributed by atoms with Gasteiger partial charge in [-0.25, -0.2) is 4.98 Å². The number of alkyl halides is 3. The van der Waals surface area contributed by atoms with E-state index in [1.54, 1.807) is 29.2 Å². The van der Waals surface area contributed by atoms with E-state index in [0.717, 1.165) is 6.07 Å². The Morgan fingerprint density at radius 1 is 1.13 bits per heavy atom. The first kappa shape index (κ1) is 20.9. The van der Waals surface area contributed by atoms with Crippen molar-refractivity contribution in [1.29, 1.82) is 0 Å². The van der Waals surface area contributed by atoms with Crippen LogP contribution in [-0.4, -0.2) is 48.7 Å². The van der Waals surface area contributed by atoms with E-state index in [4.69, 9.17) is 15.2 Å². The second-order valence-electron chi connectivity index (χ2n) is 7.11. The predicted molar refractivity (Wildman–Crippen MR) is 109 cm³/mol. The molecule has 0 spiro atoms. The zero-order chi connectivity index (χ0) is 22.0. The van der Waals surface area contributed by atoms with Gasteiger partial charge in [0.1, 0.15) is 5.75 Å². The van der Waals surface area contributed by atoms with Crippen molar-refractivity contribution in [3.05, 3.63) is 54.1 Å². The third kappa shape index (κ3) is 4.56. The zero-order valence-electron chi connectivity index (χ0n) is 16.5. The Labute approximate surface area is 176 Å². The van der Waals surface area contributed by atoms with Crippen LogP contribution in [0.1, 0.15) is 5.56 Å². The van der Waals surface area contributed by atoms with Gasteiger partial charge in [-0.15, -0.1) is 0 Å². The highest BCUT2D eigenvalue weighted by Gasteiger charge is 2.34. The first-order valence-corrected chi connectivity index (χ1v) is 9.68. The van der Waals surface area contributed by atoms with Crippen LogP contribution >= 0.6 is 0 Å². The number of morpholine rings is 1. The quantitative estimate of drug-likeness (QED) is 0.637. The summed E-state index contributed by atoms with van der Waals surface area (Å²) in [7, 11) is 0. The maximum Gasteiger partial charge on any atom is 0.417 e. The highest BCUT2D eigenvalue weighted by molar-refractivity contribution is 5.91. The number of nitrogens with zero attached hydrogens (tertiary/aromatic N) is 2. The van der Waals surface area contributed by atoms with E-state index in [-0.39, 0.29) is 29.2 Å². The molecule has 0 radical (unpaired) electrons. The molecule has 2 aromatic carbocycles. The van der Waals surface area contributed by atoms with Gasteiger partial charge in [0, 0.05) is 30.4 Å². The smallest absolute Gasteiger partial charge is 0.417 e. The van der Waals surface area contributed by atoms with Gasteiger partial charge in [0.15, 0.2) is 6.61 Å². The van der Waals surface area contributed by atoms with Crippen LogP contribution in [0, 0.1) is 0 Å². The third-order valence-corrected chi connectivity index (χ3v) is 5.02. The van der Waals surface area contributed by atoms with Crippen LogP contribution < -0.4 is 10.5 Å². The molecule has 1 aliphatic rings. The molecule has 2 N–H and O–H groups in total. The fourth-order valence-corrected chi connectivity index (χ4v) is 3.45. The normalized spacial score (nSPS) is 14.6. The number of benzene rings is 2. The van der Waals surface area contributed by atoms with Gasteiger partial charge in [0.25, 0.3) is 5.91 Å².